The summed E-state index contributed by atoms with van der Waals surface area (Å²) in [6.45, 7) is 4.07. The van der Waals surface area contributed by atoms with Crippen molar-refractivity contribution >= 4 is 17.9 Å². The zero-order valence-electron chi connectivity index (χ0n) is 11.1. The van der Waals surface area contributed by atoms with Crippen LogP contribution in [0, 0.1) is 0 Å². The highest BCUT2D eigenvalue weighted by Crippen LogP contribution is 1.97. The lowest BCUT2D eigenvalue weighted by molar-refractivity contribution is -0.139. The average Bonchev–Trinajstić information content (AvgIpc) is 2.33. The molecule has 110 valence electrons. The quantitative estimate of drug-likeness (QED) is 0.326. The number of primary amides is 1. The van der Waals surface area contributed by atoms with Crippen LogP contribution in [0.25, 0.3) is 0 Å². The van der Waals surface area contributed by atoms with Gasteiger partial charge in [-0.2, -0.15) is 0 Å². The van der Waals surface area contributed by atoms with E-state index in [-0.39, 0.29) is 12.8 Å². The van der Waals surface area contributed by atoms with E-state index in [4.69, 9.17) is 10.8 Å². The van der Waals surface area contributed by atoms with Gasteiger partial charge in [-0.3, -0.25) is 4.79 Å². The van der Waals surface area contributed by atoms with Gasteiger partial charge in [0.25, 0.3) is 0 Å². The van der Waals surface area contributed by atoms with Gasteiger partial charge in [-0.05, 0) is 25.9 Å². The van der Waals surface area contributed by atoms with Crippen LogP contribution in [-0.2, 0) is 9.59 Å². The molecular formula is C11H22N4O4. The first-order valence-electron chi connectivity index (χ1n) is 6.23. The van der Waals surface area contributed by atoms with Gasteiger partial charge in [0.1, 0.15) is 6.04 Å². The van der Waals surface area contributed by atoms with Gasteiger partial charge in [0.15, 0.2) is 0 Å². The molecule has 3 amide bonds. The van der Waals surface area contributed by atoms with Gasteiger partial charge in [-0.25, -0.2) is 9.59 Å². The number of carboxylic acid groups (broad SMARTS) is 1. The van der Waals surface area contributed by atoms with Crippen LogP contribution in [0.2, 0.25) is 0 Å². The molecule has 0 aliphatic carbocycles. The Morgan fingerprint density at radius 1 is 1.26 bits per heavy atom. The number of carbonyl (C=O) groups is 3. The van der Waals surface area contributed by atoms with Crippen molar-refractivity contribution in [2.75, 3.05) is 19.6 Å². The van der Waals surface area contributed by atoms with Gasteiger partial charge in [-0.1, -0.05) is 6.92 Å². The third kappa shape index (κ3) is 9.83. The molecule has 0 aromatic rings. The summed E-state index contributed by atoms with van der Waals surface area (Å²) in [4.78, 5) is 32.8. The van der Waals surface area contributed by atoms with E-state index < -0.39 is 23.9 Å². The van der Waals surface area contributed by atoms with Gasteiger partial charge in [0, 0.05) is 13.0 Å². The van der Waals surface area contributed by atoms with Crippen LogP contribution in [0.1, 0.15) is 26.2 Å². The highest BCUT2D eigenvalue weighted by molar-refractivity contribution is 5.83. The summed E-state index contributed by atoms with van der Waals surface area (Å²) in [7, 11) is 0. The van der Waals surface area contributed by atoms with E-state index in [1.54, 1.807) is 0 Å². The number of carbonyl (C=O) groups excluding carboxylic acids is 2. The van der Waals surface area contributed by atoms with Gasteiger partial charge in [0.05, 0.1) is 0 Å². The van der Waals surface area contributed by atoms with Gasteiger partial charge in [0.2, 0.25) is 5.91 Å². The lowest BCUT2D eigenvalue weighted by Gasteiger charge is -2.14. The Morgan fingerprint density at radius 2 is 1.95 bits per heavy atom. The maximum absolute atomic E-state index is 11.4. The molecule has 0 fully saturated rings. The smallest absolute Gasteiger partial charge is 0.326 e. The second kappa shape index (κ2) is 10.1. The van der Waals surface area contributed by atoms with Crippen molar-refractivity contribution in [3.05, 3.63) is 0 Å². The lowest BCUT2D eigenvalue weighted by atomic mass is 10.1. The number of nitrogens with one attached hydrogen (secondary N) is 3. The van der Waals surface area contributed by atoms with Crippen molar-refractivity contribution in [1.82, 2.24) is 16.0 Å². The first-order valence-corrected chi connectivity index (χ1v) is 6.23. The van der Waals surface area contributed by atoms with Crippen LogP contribution in [0.4, 0.5) is 4.79 Å². The fourth-order valence-electron chi connectivity index (χ4n) is 1.35. The van der Waals surface area contributed by atoms with Crippen LogP contribution >= 0.6 is 0 Å². The number of urea groups is 1. The number of carboxylic acids is 1. The van der Waals surface area contributed by atoms with Crippen molar-refractivity contribution in [2.45, 2.75) is 32.2 Å². The van der Waals surface area contributed by atoms with Crippen molar-refractivity contribution in [1.29, 1.82) is 0 Å². The van der Waals surface area contributed by atoms with Gasteiger partial charge >= 0.3 is 12.0 Å². The summed E-state index contributed by atoms with van der Waals surface area (Å²) < 4.78 is 0. The van der Waals surface area contributed by atoms with Crippen molar-refractivity contribution in [3.8, 4) is 0 Å². The topological polar surface area (TPSA) is 134 Å². The molecule has 0 rings (SSSR count). The third-order valence-electron chi connectivity index (χ3n) is 2.35. The summed E-state index contributed by atoms with van der Waals surface area (Å²) in [6, 6.07) is -1.67. The Kier molecular flexibility index (Phi) is 9.15. The Labute approximate surface area is 112 Å². The summed E-state index contributed by atoms with van der Waals surface area (Å²) in [5.41, 5.74) is 4.93. The molecule has 0 saturated carbocycles. The maximum atomic E-state index is 11.4. The first-order chi connectivity index (χ1) is 8.97. The normalized spacial score (nSPS) is 11.6. The fraction of sp³-hybridized carbons (Fsp3) is 0.727. The number of nitrogens with two attached hydrogens (primary N) is 1. The Morgan fingerprint density at radius 3 is 2.47 bits per heavy atom. The average molecular weight is 274 g/mol. The lowest BCUT2D eigenvalue weighted by Crippen LogP contribution is -2.46. The van der Waals surface area contributed by atoms with Gasteiger partial charge < -0.3 is 26.8 Å². The van der Waals surface area contributed by atoms with Crippen LogP contribution in [0.15, 0.2) is 0 Å². The molecular weight excluding hydrogens is 252 g/mol. The monoisotopic (exact) mass is 274 g/mol. The molecule has 0 bridgehead atoms. The number of rotatable bonds is 10. The van der Waals surface area contributed by atoms with Crippen LogP contribution in [0.3, 0.4) is 0 Å². The molecule has 0 aromatic heterocycles. The van der Waals surface area contributed by atoms with E-state index in [0.717, 1.165) is 19.5 Å². The predicted molar refractivity (Wildman–Crippen MR) is 69.5 cm³/mol. The molecule has 0 aromatic carbocycles. The number of aliphatic carboxylic acids is 1. The summed E-state index contributed by atoms with van der Waals surface area (Å²) in [5.74, 6) is -1.79. The molecule has 0 spiro atoms. The van der Waals surface area contributed by atoms with E-state index in [9.17, 15) is 14.4 Å². The number of amides is 3. The zero-order valence-corrected chi connectivity index (χ0v) is 11.1. The summed E-state index contributed by atoms with van der Waals surface area (Å²) in [6.07, 6.45) is 0.646. The molecule has 0 heterocycles. The number of hydrogen-bond acceptors (Lipinski definition) is 4. The third-order valence-corrected chi connectivity index (χ3v) is 2.35. The van der Waals surface area contributed by atoms with Gasteiger partial charge in [-0.15, -0.1) is 0 Å². The minimum atomic E-state index is -1.19. The van der Waals surface area contributed by atoms with Crippen molar-refractivity contribution in [3.63, 3.8) is 0 Å². The second-order valence-corrected chi connectivity index (χ2v) is 4.00. The van der Waals surface area contributed by atoms with E-state index in [2.05, 4.69) is 16.0 Å². The highest BCUT2D eigenvalue weighted by Gasteiger charge is 2.20. The molecule has 0 aliphatic heterocycles. The Balaban J connectivity index is 3.90. The van der Waals surface area contributed by atoms with Crippen LogP contribution < -0.4 is 21.7 Å². The molecule has 1 atom stereocenters. The van der Waals surface area contributed by atoms with E-state index >= 15 is 0 Å². The molecule has 0 aliphatic rings. The molecule has 1 unspecified atom stereocenters. The molecule has 8 heteroatoms. The second-order valence-electron chi connectivity index (χ2n) is 4.00. The van der Waals surface area contributed by atoms with Crippen molar-refractivity contribution < 1.29 is 19.5 Å². The highest BCUT2D eigenvalue weighted by atomic mass is 16.4. The predicted octanol–water partition coefficient (Wildman–Crippen LogP) is -0.996. The summed E-state index contributed by atoms with van der Waals surface area (Å²) >= 11 is 0. The van der Waals surface area contributed by atoms with Crippen LogP contribution in [0.5, 0.6) is 0 Å². The fourth-order valence-corrected chi connectivity index (χ4v) is 1.35. The zero-order chi connectivity index (χ0) is 14.7. The van der Waals surface area contributed by atoms with E-state index in [0.29, 0.717) is 6.54 Å². The molecule has 6 N–H and O–H groups in total. The molecule has 19 heavy (non-hydrogen) atoms. The Hall–Kier alpha value is -1.83. The summed E-state index contributed by atoms with van der Waals surface area (Å²) in [5, 5.41) is 16.8. The molecule has 8 nitrogen and oxygen atoms in total. The molecule has 0 saturated heterocycles. The standard InChI is InChI=1S/C11H22N4O4/c1-2-13-6-3-7-14-11(19)15-8(10(17)18)4-5-9(12)16/h8,13H,2-7H2,1H3,(H2,12,16)(H,17,18)(H2,14,15,19). The first kappa shape index (κ1) is 17.2. The van der Waals surface area contributed by atoms with E-state index in [1.165, 1.54) is 0 Å². The minimum absolute atomic E-state index is 0.0184. The molecule has 0 radical (unpaired) electrons. The SMILES string of the molecule is CCNCCCNC(=O)NC(CCC(N)=O)C(=O)O. The van der Waals surface area contributed by atoms with Crippen molar-refractivity contribution in [2.24, 2.45) is 5.73 Å². The van der Waals surface area contributed by atoms with E-state index in [1.807, 2.05) is 6.92 Å². The maximum Gasteiger partial charge on any atom is 0.326 e. The Bertz CT molecular complexity index is 309. The largest absolute Gasteiger partial charge is 0.480 e. The minimum Gasteiger partial charge on any atom is -0.480 e. The number of hydrogen-bond donors (Lipinski definition) is 5. The van der Waals surface area contributed by atoms with Crippen LogP contribution in [-0.4, -0.2) is 48.7 Å².